The van der Waals surface area contributed by atoms with Crippen molar-refractivity contribution in [2.45, 2.75) is 20.0 Å². The Labute approximate surface area is 104 Å². The molecular weight excluding hydrogens is 234 g/mol. The minimum Gasteiger partial charge on any atom is -0.497 e. The number of benzene rings is 1. The van der Waals surface area contributed by atoms with Crippen LogP contribution >= 0.6 is 0 Å². The standard InChI is InChI=1S/C12H15N3O3/c1-3-15-10-6-8(18-2)4-5-9(10)14-11(15)7-13-12(16)17/h4-6,13H,3,7H2,1-2H3,(H,16,17). The first-order valence-electron chi connectivity index (χ1n) is 5.65. The molecule has 0 unspecified atom stereocenters. The fourth-order valence-corrected chi connectivity index (χ4v) is 1.92. The van der Waals surface area contributed by atoms with Crippen LogP contribution in [0.3, 0.4) is 0 Å². The molecular formula is C12H15N3O3. The van der Waals surface area contributed by atoms with E-state index in [1.54, 1.807) is 7.11 Å². The second-order valence-corrected chi connectivity index (χ2v) is 3.79. The van der Waals surface area contributed by atoms with Crippen LogP contribution in [0.5, 0.6) is 5.75 Å². The predicted molar refractivity (Wildman–Crippen MR) is 66.8 cm³/mol. The molecule has 1 aromatic carbocycles. The minimum absolute atomic E-state index is 0.195. The van der Waals surface area contributed by atoms with Crippen molar-refractivity contribution in [3.63, 3.8) is 0 Å². The lowest BCUT2D eigenvalue weighted by atomic mass is 10.3. The third-order valence-electron chi connectivity index (χ3n) is 2.75. The molecule has 0 aliphatic rings. The number of imidazole rings is 1. The van der Waals surface area contributed by atoms with Crippen LogP contribution in [0.1, 0.15) is 12.7 Å². The van der Waals surface area contributed by atoms with Gasteiger partial charge in [-0.15, -0.1) is 0 Å². The van der Waals surface area contributed by atoms with E-state index in [9.17, 15) is 4.79 Å². The largest absolute Gasteiger partial charge is 0.497 e. The van der Waals surface area contributed by atoms with Gasteiger partial charge in [-0.3, -0.25) is 0 Å². The number of aryl methyl sites for hydroxylation is 1. The van der Waals surface area contributed by atoms with Crippen LogP contribution in [0.15, 0.2) is 18.2 Å². The van der Waals surface area contributed by atoms with Crippen molar-refractivity contribution in [3.8, 4) is 5.75 Å². The maximum Gasteiger partial charge on any atom is 0.405 e. The van der Waals surface area contributed by atoms with Crippen molar-refractivity contribution in [1.82, 2.24) is 14.9 Å². The van der Waals surface area contributed by atoms with Crippen molar-refractivity contribution in [2.24, 2.45) is 0 Å². The fourth-order valence-electron chi connectivity index (χ4n) is 1.92. The molecule has 1 aromatic heterocycles. The summed E-state index contributed by atoms with van der Waals surface area (Å²) in [6, 6.07) is 5.60. The Balaban J connectivity index is 2.44. The Morgan fingerprint density at radius 2 is 2.33 bits per heavy atom. The van der Waals surface area contributed by atoms with Crippen molar-refractivity contribution in [1.29, 1.82) is 0 Å². The highest BCUT2D eigenvalue weighted by molar-refractivity contribution is 5.78. The van der Waals surface area contributed by atoms with E-state index < -0.39 is 6.09 Å². The van der Waals surface area contributed by atoms with Crippen LogP contribution in [0.25, 0.3) is 11.0 Å². The van der Waals surface area contributed by atoms with Gasteiger partial charge in [0, 0.05) is 12.6 Å². The number of methoxy groups -OCH3 is 1. The van der Waals surface area contributed by atoms with E-state index in [0.29, 0.717) is 5.82 Å². The molecule has 0 aliphatic heterocycles. The van der Waals surface area contributed by atoms with Crippen LogP contribution < -0.4 is 10.1 Å². The molecule has 2 aromatic rings. The van der Waals surface area contributed by atoms with Gasteiger partial charge in [0.15, 0.2) is 0 Å². The zero-order valence-corrected chi connectivity index (χ0v) is 10.3. The average Bonchev–Trinajstić information content (AvgIpc) is 2.72. The Morgan fingerprint density at radius 1 is 1.56 bits per heavy atom. The van der Waals surface area contributed by atoms with Crippen molar-refractivity contribution in [3.05, 3.63) is 24.0 Å². The van der Waals surface area contributed by atoms with Gasteiger partial charge in [0.05, 0.1) is 24.7 Å². The van der Waals surface area contributed by atoms with E-state index in [-0.39, 0.29) is 6.54 Å². The third kappa shape index (κ3) is 2.22. The molecule has 6 nitrogen and oxygen atoms in total. The molecule has 2 N–H and O–H groups in total. The first-order chi connectivity index (χ1) is 8.65. The average molecular weight is 249 g/mol. The van der Waals surface area contributed by atoms with Gasteiger partial charge >= 0.3 is 6.09 Å². The van der Waals surface area contributed by atoms with Crippen molar-refractivity contribution >= 4 is 17.1 Å². The van der Waals surface area contributed by atoms with Gasteiger partial charge in [-0.05, 0) is 19.1 Å². The summed E-state index contributed by atoms with van der Waals surface area (Å²) in [4.78, 5) is 14.9. The molecule has 0 bridgehead atoms. The van der Waals surface area contributed by atoms with Gasteiger partial charge in [0.25, 0.3) is 0 Å². The number of fused-ring (bicyclic) bond motifs is 1. The van der Waals surface area contributed by atoms with Gasteiger partial charge in [-0.2, -0.15) is 0 Å². The highest BCUT2D eigenvalue weighted by Crippen LogP contribution is 2.21. The lowest BCUT2D eigenvalue weighted by Crippen LogP contribution is -2.22. The molecule has 6 heteroatoms. The Bertz CT molecular complexity index is 577. The quantitative estimate of drug-likeness (QED) is 0.866. The first kappa shape index (κ1) is 12.2. The van der Waals surface area contributed by atoms with Crippen LogP contribution in [0.4, 0.5) is 4.79 Å². The third-order valence-corrected chi connectivity index (χ3v) is 2.75. The van der Waals surface area contributed by atoms with E-state index in [1.165, 1.54) is 0 Å². The molecule has 18 heavy (non-hydrogen) atoms. The highest BCUT2D eigenvalue weighted by atomic mass is 16.5. The lowest BCUT2D eigenvalue weighted by molar-refractivity contribution is 0.193. The molecule has 1 heterocycles. The van der Waals surface area contributed by atoms with E-state index in [2.05, 4.69) is 10.3 Å². The normalized spacial score (nSPS) is 10.6. The second kappa shape index (κ2) is 4.95. The summed E-state index contributed by atoms with van der Waals surface area (Å²) >= 11 is 0. The molecule has 0 spiro atoms. The predicted octanol–water partition coefficient (Wildman–Crippen LogP) is 1.83. The molecule has 2 rings (SSSR count). The summed E-state index contributed by atoms with van der Waals surface area (Å²) in [6.07, 6.45) is -1.05. The molecule has 0 atom stereocenters. The second-order valence-electron chi connectivity index (χ2n) is 3.79. The summed E-state index contributed by atoms with van der Waals surface area (Å²) in [5.41, 5.74) is 1.78. The molecule has 0 saturated carbocycles. The fraction of sp³-hybridized carbons (Fsp3) is 0.333. The topological polar surface area (TPSA) is 76.4 Å². The van der Waals surface area contributed by atoms with Crippen LogP contribution in [-0.2, 0) is 13.1 Å². The number of hydrogen-bond acceptors (Lipinski definition) is 3. The summed E-state index contributed by atoms with van der Waals surface area (Å²) in [6.45, 7) is 2.91. The van der Waals surface area contributed by atoms with E-state index >= 15 is 0 Å². The molecule has 0 fully saturated rings. The van der Waals surface area contributed by atoms with Crippen LogP contribution in [0, 0.1) is 0 Å². The van der Waals surface area contributed by atoms with Crippen LogP contribution in [-0.4, -0.2) is 27.9 Å². The van der Waals surface area contributed by atoms with Crippen LogP contribution in [0.2, 0.25) is 0 Å². The number of hydrogen-bond donors (Lipinski definition) is 2. The zero-order chi connectivity index (χ0) is 13.1. The number of amides is 1. The number of nitrogens with one attached hydrogen (secondary N) is 1. The van der Waals surface area contributed by atoms with Crippen molar-refractivity contribution in [2.75, 3.05) is 7.11 Å². The number of rotatable bonds is 4. The van der Waals surface area contributed by atoms with Gasteiger partial charge < -0.3 is 19.7 Å². The molecule has 1 amide bonds. The molecule has 0 aliphatic carbocycles. The maximum atomic E-state index is 10.5. The Kier molecular flexibility index (Phi) is 3.36. The number of carboxylic acid groups (broad SMARTS) is 1. The maximum absolute atomic E-state index is 10.5. The van der Waals surface area contributed by atoms with Gasteiger partial charge in [0.2, 0.25) is 0 Å². The van der Waals surface area contributed by atoms with E-state index in [1.807, 2.05) is 29.7 Å². The smallest absolute Gasteiger partial charge is 0.405 e. The number of aromatic nitrogens is 2. The van der Waals surface area contributed by atoms with Gasteiger partial charge in [-0.1, -0.05) is 0 Å². The summed E-state index contributed by atoms with van der Waals surface area (Å²) < 4.78 is 7.14. The molecule has 0 saturated heterocycles. The van der Waals surface area contributed by atoms with Gasteiger partial charge in [0.1, 0.15) is 11.6 Å². The molecule has 0 radical (unpaired) electrons. The lowest BCUT2D eigenvalue weighted by Gasteiger charge is -2.06. The summed E-state index contributed by atoms with van der Waals surface area (Å²) in [5, 5.41) is 11.0. The summed E-state index contributed by atoms with van der Waals surface area (Å²) in [7, 11) is 1.61. The Hall–Kier alpha value is -2.24. The van der Waals surface area contributed by atoms with E-state index in [4.69, 9.17) is 9.84 Å². The first-order valence-corrected chi connectivity index (χ1v) is 5.65. The van der Waals surface area contributed by atoms with Crippen molar-refractivity contribution < 1.29 is 14.6 Å². The minimum atomic E-state index is -1.05. The monoisotopic (exact) mass is 249 g/mol. The zero-order valence-electron chi connectivity index (χ0n) is 10.3. The number of nitrogens with zero attached hydrogens (tertiary/aromatic N) is 2. The highest BCUT2D eigenvalue weighted by Gasteiger charge is 2.10. The number of carbonyl (C=O) groups is 1. The van der Waals surface area contributed by atoms with E-state index in [0.717, 1.165) is 23.3 Å². The number of ether oxygens (including phenoxy) is 1. The SMILES string of the molecule is CCn1c(CNC(=O)O)nc2ccc(OC)cc21. The Morgan fingerprint density at radius 3 is 2.94 bits per heavy atom. The van der Waals surface area contributed by atoms with Gasteiger partial charge in [-0.25, -0.2) is 9.78 Å². The molecule has 96 valence electrons. The summed E-state index contributed by atoms with van der Waals surface area (Å²) in [5.74, 6) is 1.46.